The van der Waals surface area contributed by atoms with E-state index >= 15 is 0 Å². The quantitative estimate of drug-likeness (QED) is 0.357. The second kappa shape index (κ2) is 4.81. The van der Waals surface area contributed by atoms with Gasteiger partial charge in [-0.1, -0.05) is 18.2 Å². The fourth-order valence-corrected chi connectivity index (χ4v) is 1.29. The molecule has 4 heteroatoms. The van der Waals surface area contributed by atoms with Gasteiger partial charge < -0.3 is 4.74 Å². The molecular weight excluding hydrogens is 200 g/mol. The number of hydrogen-bond donors (Lipinski definition) is 1. The van der Waals surface area contributed by atoms with Gasteiger partial charge in [-0.25, -0.2) is 0 Å². The minimum Gasteiger partial charge on any atom is -0.469 e. The molecule has 0 fully saturated rings. The Labute approximate surface area is 87.5 Å². The van der Waals surface area contributed by atoms with Crippen molar-refractivity contribution in [1.82, 2.24) is 0 Å². The number of esters is 1. The summed E-state index contributed by atoms with van der Waals surface area (Å²) >= 11 is 4.12. The Balaban J connectivity index is 2.80. The van der Waals surface area contributed by atoms with Crippen LogP contribution < -0.4 is 0 Å². The van der Waals surface area contributed by atoms with E-state index in [0.717, 1.165) is 0 Å². The van der Waals surface area contributed by atoms with Gasteiger partial charge in [0.1, 0.15) is 6.42 Å². The summed E-state index contributed by atoms with van der Waals surface area (Å²) in [7, 11) is 1.25. The lowest BCUT2D eigenvalue weighted by molar-refractivity contribution is -0.139. The highest BCUT2D eigenvalue weighted by Crippen LogP contribution is 2.14. The van der Waals surface area contributed by atoms with Gasteiger partial charge in [0.25, 0.3) is 0 Å². The Bertz CT molecular complexity index is 360. The van der Waals surface area contributed by atoms with Gasteiger partial charge in [0.15, 0.2) is 5.78 Å². The van der Waals surface area contributed by atoms with Gasteiger partial charge in [-0.15, -0.1) is 12.6 Å². The number of carbonyl (C=O) groups is 2. The van der Waals surface area contributed by atoms with Gasteiger partial charge in [-0.2, -0.15) is 0 Å². The largest absolute Gasteiger partial charge is 0.469 e. The first-order valence-electron chi connectivity index (χ1n) is 4.03. The third-order valence-electron chi connectivity index (χ3n) is 1.74. The molecule has 0 heterocycles. The van der Waals surface area contributed by atoms with E-state index in [-0.39, 0.29) is 12.2 Å². The van der Waals surface area contributed by atoms with E-state index in [1.165, 1.54) is 7.11 Å². The molecule has 14 heavy (non-hydrogen) atoms. The first-order valence-corrected chi connectivity index (χ1v) is 4.48. The third-order valence-corrected chi connectivity index (χ3v) is 2.13. The summed E-state index contributed by atoms with van der Waals surface area (Å²) in [5.41, 5.74) is 0.446. The second-order valence-electron chi connectivity index (χ2n) is 2.69. The van der Waals surface area contributed by atoms with Crippen molar-refractivity contribution in [3.8, 4) is 0 Å². The summed E-state index contributed by atoms with van der Waals surface area (Å²) in [5, 5.41) is 0. The van der Waals surface area contributed by atoms with Crippen LogP contribution in [0.4, 0.5) is 0 Å². The van der Waals surface area contributed by atoms with Crippen molar-refractivity contribution in [3.63, 3.8) is 0 Å². The van der Waals surface area contributed by atoms with Crippen molar-refractivity contribution in [1.29, 1.82) is 0 Å². The molecule has 0 spiro atoms. The highest BCUT2D eigenvalue weighted by molar-refractivity contribution is 7.80. The number of ketones is 1. The summed E-state index contributed by atoms with van der Waals surface area (Å²) in [6.45, 7) is 0. The van der Waals surface area contributed by atoms with Crippen LogP contribution in [0.2, 0.25) is 0 Å². The van der Waals surface area contributed by atoms with Crippen molar-refractivity contribution in [2.24, 2.45) is 0 Å². The predicted molar refractivity (Wildman–Crippen MR) is 54.7 cm³/mol. The molecule has 0 unspecified atom stereocenters. The zero-order chi connectivity index (χ0) is 10.6. The first-order chi connectivity index (χ1) is 6.65. The maximum Gasteiger partial charge on any atom is 0.313 e. The van der Waals surface area contributed by atoms with Crippen LogP contribution in [0.5, 0.6) is 0 Å². The molecule has 0 aliphatic rings. The summed E-state index contributed by atoms with van der Waals surface area (Å²) in [5.74, 6) is -0.811. The minimum absolute atomic E-state index is 0.242. The van der Waals surface area contributed by atoms with Crippen LogP contribution in [0.3, 0.4) is 0 Å². The van der Waals surface area contributed by atoms with Crippen LogP contribution in [0, 0.1) is 0 Å². The van der Waals surface area contributed by atoms with Crippen LogP contribution in [0.25, 0.3) is 0 Å². The van der Waals surface area contributed by atoms with Crippen molar-refractivity contribution in [3.05, 3.63) is 29.8 Å². The zero-order valence-corrected chi connectivity index (χ0v) is 8.58. The number of carbonyl (C=O) groups excluding carboxylic acids is 2. The molecule has 0 amide bonds. The highest BCUT2D eigenvalue weighted by atomic mass is 32.1. The molecule has 0 saturated carbocycles. The maximum atomic E-state index is 11.5. The number of Topliss-reactive ketones (excluding diaryl/α,β-unsaturated/α-hetero) is 1. The Kier molecular flexibility index (Phi) is 3.71. The van der Waals surface area contributed by atoms with E-state index < -0.39 is 5.97 Å². The molecule has 0 aliphatic carbocycles. The Morgan fingerprint density at radius 1 is 1.36 bits per heavy atom. The van der Waals surface area contributed by atoms with Crippen LogP contribution in [0.15, 0.2) is 29.2 Å². The van der Waals surface area contributed by atoms with Gasteiger partial charge in [-0.05, 0) is 6.07 Å². The number of methoxy groups -OCH3 is 1. The molecule has 1 aromatic carbocycles. The van der Waals surface area contributed by atoms with E-state index in [9.17, 15) is 9.59 Å². The lowest BCUT2D eigenvalue weighted by Gasteiger charge is -2.02. The Morgan fingerprint density at radius 3 is 2.57 bits per heavy atom. The van der Waals surface area contributed by atoms with E-state index in [1.54, 1.807) is 24.3 Å². The molecule has 0 radical (unpaired) electrons. The van der Waals surface area contributed by atoms with Gasteiger partial charge in [0, 0.05) is 10.5 Å². The number of ether oxygens (including phenoxy) is 1. The second-order valence-corrected chi connectivity index (χ2v) is 3.18. The normalized spacial score (nSPS) is 9.57. The minimum atomic E-state index is -0.536. The molecule has 0 bridgehead atoms. The van der Waals surface area contributed by atoms with E-state index in [4.69, 9.17) is 0 Å². The average molecular weight is 210 g/mol. The molecule has 0 N–H and O–H groups in total. The summed E-state index contributed by atoms with van der Waals surface area (Å²) in [4.78, 5) is 22.9. The Hall–Kier alpha value is -1.29. The smallest absolute Gasteiger partial charge is 0.313 e. The average Bonchev–Trinajstić information content (AvgIpc) is 2.18. The fraction of sp³-hybridized carbons (Fsp3) is 0.200. The first kappa shape index (κ1) is 10.8. The van der Waals surface area contributed by atoms with Crippen molar-refractivity contribution >= 4 is 24.4 Å². The summed E-state index contributed by atoms with van der Waals surface area (Å²) in [6.07, 6.45) is -0.242. The number of hydrogen-bond acceptors (Lipinski definition) is 4. The SMILES string of the molecule is COC(=O)CC(=O)c1ccccc1S. The summed E-state index contributed by atoms with van der Waals surface area (Å²) in [6, 6.07) is 6.84. The van der Waals surface area contributed by atoms with Crippen molar-refractivity contribution in [2.45, 2.75) is 11.3 Å². The molecule has 1 aromatic rings. The summed E-state index contributed by atoms with van der Waals surface area (Å²) < 4.78 is 4.40. The van der Waals surface area contributed by atoms with Crippen LogP contribution in [0.1, 0.15) is 16.8 Å². The van der Waals surface area contributed by atoms with Crippen molar-refractivity contribution < 1.29 is 14.3 Å². The molecule has 0 aliphatic heterocycles. The van der Waals surface area contributed by atoms with E-state index in [0.29, 0.717) is 10.5 Å². The number of rotatable bonds is 3. The lowest BCUT2D eigenvalue weighted by Crippen LogP contribution is -2.09. The van der Waals surface area contributed by atoms with Crippen LogP contribution in [-0.4, -0.2) is 18.9 Å². The number of benzene rings is 1. The van der Waals surface area contributed by atoms with Gasteiger partial charge in [0.2, 0.25) is 0 Å². The van der Waals surface area contributed by atoms with Gasteiger partial charge in [-0.3, -0.25) is 9.59 Å². The topological polar surface area (TPSA) is 43.4 Å². The monoisotopic (exact) mass is 210 g/mol. The molecule has 1 rings (SSSR count). The van der Waals surface area contributed by atoms with Gasteiger partial charge >= 0.3 is 5.97 Å². The maximum absolute atomic E-state index is 11.5. The number of thiol groups is 1. The molecule has 74 valence electrons. The molecule has 0 saturated heterocycles. The van der Waals surface area contributed by atoms with Crippen LogP contribution >= 0.6 is 12.6 Å². The zero-order valence-electron chi connectivity index (χ0n) is 7.69. The molecule has 0 atom stereocenters. The van der Waals surface area contributed by atoms with Gasteiger partial charge in [0.05, 0.1) is 7.11 Å². The van der Waals surface area contributed by atoms with E-state index in [2.05, 4.69) is 17.4 Å². The lowest BCUT2D eigenvalue weighted by atomic mass is 10.1. The Morgan fingerprint density at radius 2 is 2.00 bits per heavy atom. The molecule has 3 nitrogen and oxygen atoms in total. The van der Waals surface area contributed by atoms with Crippen molar-refractivity contribution in [2.75, 3.05) is 7.11 Å². The predicted octanol–water partition coefficient (Wildman–Crippen LogP) is 1.72. The highest BCUT2D eigenvalue weighted by Gasteiger charge is 2.13. The standard InChI is InChI=1S/C10H10O3S/c1-13-10(12)6-8(11)7-4-2-3-5-9(7)14/h2-5,14H,6H2,1H3. The fourth-order valence-electron chi connectivity index (χ4n) is 1.01. The molecular formula is C10H10O3S. The third kappa shape index (κ3) is 2.60. The molecule has 0 aromatic heterocycles. The van der Waals surface area contributed by atoms with Crippen LogP contribution in [-0.2, 0) is 9.53 Å². The van der Waals surface area contributed by atoms with E-state index in [1.807, 2.05) is 0 Å².